The maximum Gasteiger partial charge on any atom is 1.00 e. The largest absolute Gasteiger partial charge is 1.00 e. The van der Waals surface area contributed by atoms with Crippen LogP contribution in [0.1, 0.15) is 36.8 Å². The van der Waals surface area contributed by atoms with Crippen LogP contribution in [0.3, 0.4) is 0 Å². The molecule has 0 aromatic heterocycles. The number of hydrogen-bond acceptors (Lipinski definition) is 6. The number of halogens is 1. The number of rotatable bonds is 4. The Morgan fingerprint density at radius 2 is 1.53 bits per heavy atom. The minimum Gasteiger partial charge on any atom is -1.00 e. The Morgan fingerprint density at radius 3 is 1.85 bits per heavy atom. The summed E-state index contributed by atoms with van der Waals surface area (Å²) < 4.78 is 0. The molecule has 6 nitrogen and oxygen atoms in total. The molecule has 0 fully saturated rings. The number of alkyl halides is 1. The first kappa shape index (κ1) is 38.5. The molecule has 0 radical (unpaired) electrons. The van der Waals surface area contributed by atoms with E-state index in [0.29, 0.717) is 5.57 Å². The predicted molar refractivity (Wildman–Crippen MR) is 126 cm³/mol. The molecule has 3 rings (SSSR count). The summed E-state index contributed by atoms with van der Waals surface area (Å²) in [6, 6.07) is 17.9. The normalized spacial score (nSPS) is 10.3. The van der Waals surface area contributed by atoms with Gasteiger partial charge in [-0.25, -0.2) is 0 Å². The topological polar surface area (TPSA) is 101 Å². The molecular formula is C25H26BrK2O6+. The van der Waals surface area contributed by atoms with Gasteiger partial charge in [-0.1, -0.05) is 76.1 Å². The predicted octanol–water partition coefficient (Wildman–Crippen LogP) is -1.82. The van der Waals surface area contributed by atoms with Crippen LogP contribution in [0.5, 0.6) is 0 Å². The van der Waals surface area contributed by atoms with E-state index in [1.165, 1.54) is 42.7 Å². The van der Waals surface area contributed by atoms with Crippen LogP contribution in [0.25, 0.3) is 0 Å². The van der Waals surface area contributed by atoms with Crippen molar-refractivity contribution < 1.29 is 134 Å². The van der Waals surface area contributed by atoms with Gasteiger partial charge in [0, 0.05) is 17.8 Å². The molecule has 0 heterocycles. The van der Waals surface area contributed by atoms with Crippen molar-refractivity contribution in [3.05, 3.63) is 102 Å². The van der Waals surface area contributed by atoms with E-state index < -0.39 is 0 Å². The molecule has 0 saturated carbocycles. The van der Waals surface area contributed by atoms with Gasteiger partial charge in [0.25, 0.3) is 12.3 Å². The van der Waals surface area contributed by atoms with E-state index in [1.807, 2.05) is 49.4 Å². The van der Waals surface area contributed by atoms with Crippen LogP contribution in [0.15, 0.2) is 78.4 Å². The van der Waals surface area contributed by atoms with Crippen LogP contribution in [-0.4, -0.2) is 23.8 Å². The molecule has 0 aliphatic heterocycles. The molecule has 170 valence electrons. The molecule has 0 atom stereocenters. The second-order valence-electron chi connectivity index (χ2n) is 6.31. The molecular weight excluding hydrogens is 554 g/mol. The number of hydrogen-bond donors (Lipinski definition) is 0. The van der Waals surface area contributed by atoms with Crippen molar-refractivity contribution in [3.8, 4) is 0 Å². The second-order valence-corrected chi connectivity index (χ2v) is 6.88. The number of Topliss-reactive ketones (excluding diaryl/α,β-unsaturated/α-hetero) is 2. The standard InChI is InChI=1S/C9H10O.C8H7O2.C7H7Br.CH2O3.2K.H/c1-7-3-5-9(6-4-7)8(2)10;1-6(9)7-2-4-8(10)5-3-7;8-6-7-4-2-1-3-5-7;2-1-4-3;;;/h3-6H,1-2H3;2-5H,1H3;1-5H,6H2;1,3H;;;/q;+1;;;2*+1;-1/p-1. The van der Waals surface area contributed by atoms with E-state index >= 15 is 0 Å². The Kier molecular flexibility index (Phi) is 27.9. The summed E-state index contributed by atoms with van der Waals surface area (Å²) in [7, 11) is 0. The first-order chi connectivity index (χ1) is 15.2. The van der Waals surface area contributed by atoms with Gasteiger partial charge in [-0.05, 0) is 19.4 Å². The number of aryl methyl sites for hydroxylation is 1. The van der Waals surface area contributed by atoms with Crippen molar-refractivity contribution in [2.24, 2.45) is 0 Å². The van der Waals surface area contributed by atoms with Gasteiger partial charge in [-0.15, -0.1) is 0 Å². The summed E-state index contributed by atoms with van der Waals surface area (Å²) in [5.74, 6) is 0.0463. The minimum absolute atomic E-state index is 0. The molecule has 9 heteroatoms. The summed E-state index contributed by atoms with van der Waals surface area (Å²) in [5, 5.41) is 9.38. The number of allylic oxidation sites excluding steroid dienone is 4. The van der Waals surface area contributed by atoms with E-state index in [-0.39, 0.29) is 128 Å². The van der Waals surface area contributed by atoms with Gasteiger partial charge < -0.3 is 11.6 Å². The molecule has 0 bridgehead atoms. The van der Waals surface area contributed by atoms with Gasteiger partial charge in [0.05, 0.1) is 24.6 Å². The maximum atomic E-state index is 10.8. The van der Waals surface area contributed by atoms with Crippen LogP contribution in [-0.2, 0) is 24.6 Å². The quantitative estimate of drug-likeness (QED) is 0.0804. The monoisotopic (exact) mass is 579 g/mol. The average molecular weight is 581 g/mol. The van der Waals surface area contributed by atoms with Crippen molar-refractivity contribution in [2.75, 3.05) is 0 Å². The van der Waals surface area contributed by atoms with Crippen molar-refractivity contribution in [3.63, 3.8) is 0 Å². The Morgan fingerprint density at radius 1 is 1.00 bits per heavy atom. The van der Waals surface area contributed by atoms with Gasteiger partial charge in [-0.2, -0.15) is 0 Å². The first-order valence-corrected chi connectivity index (χ1v) is 10.5. The van der Waals surface area contributed by atoms with Crippen molar-refractivity contribution in [2.45, 2.75) is 26.1 Å². The smallest absolute Gasteiger partial charge is 1.00 e. The number of carbonyl (C=O) groups is 4. The van der Waals surface area contributed by atoms with Crippen molar-refractivity contribution in [1.82, 2.24) is 0 Å². The van der Waals surface area contributed by atoms with Crippen LogP contribution in [0.4, 0.5) is 0 Å². The van der Waals surface area contributed by atoms with E-state index in [0.717, 1.165) is 10.9 Å². The molecule has 1 aliphatic carbocycles. The maximum absolute atomic E-state index is 10.8. The Hall–Kier alpha value is -0.0173. The zero-order valence-corrected chi connectivity index (χ0v) is 27.9. The van der Waals surface area contributed by atoms with E-state index in [9.17, 15) is 14.4 Å². The number of carbonyl (C=O) groups excluding carboxylic acids is 4. The van der Waals surface area contributed by atoms with E-state index in [2.05, 4.69) is 33.0 Å². The van der Waals surface area contributed by atoms with Crippen LogP contribution in [0.2, 0.25) is 0 Å². The number of ketones is 3. The van der Waals surface area contributed by atoms with Crippen molar-refractivity contribution >= 4 is 39.8 Å². The molecule has 0 amide bonds. The molecule has 2 aromatic rings. The fraction of sp³-hybridized carbons (Fsp3) is 0.160. The van der Waals surface area contributed by atoms with Crippen molar-refractivity contribution in [1.29, 1.82) is 0 Å². The summed E-state index contributed by atoms with van der Waals surface area (Å²) in [4.78, 5) is 43.2. The van der Waals surface area contributed by atoms with Gasteiger partial charge in [-0.3, -0.25) is 19.2 Å². The molecule has 0 unspecified atom stereocenters. The summed E-state index contributed by atoms with van der Waals surface area (Å²) in [6.07, 6.45) is 5.84. The molecule has 0 N–H and O–H groups in total. The van der Waals surface area contributed by atoms with Gasteiger partial charge >= 0.3 is 103 Å². The van der Waals surface area contributed by atoms with Gasteiger partial charge in [0.1, 0.15) is 5.57 Å². The minimum atomic E-state index is -0.181. The zero-order chi connectivity index (χ0) is 24.4. The Labute approximate surface area is 296 Å². The average Bonchev–Trinajstić information content (AvgIpc) is 2.81. The second kappa shape index (κ2) is 24.7. The summed E-state index contributed by atoms with van der Waals surface area (Å²) in [5.41, 5.74) is 3.88. The molecule has 0 saturated heterocycles. The Bertz CT molecular complexity index is 933. The summed E-state index contributed by atoms with van der Waals surface area (Å²) in [6.45, 7) is 4.87. The van der Waals surface area contributed by atoms with Crippen LogP contribution >= 0.6 is 15.9 Å². The fourth-order valence-electron chi connectivity index (χ4n) is 2.05. The zero-order valence-electron chi connectivity index (χ0n) is 21.1. The molecule has 34 heavy (non-hydrogen) atoms. The molecule has 2 aromatic carbocycles. The molecule has 0 spiro atoms. The number of benzene rings is 2. The van der Waals surface area contributed by atoms with Gasteiger partial charge in [0.15, 0.2) is 5.78 Å². The first-order valence-electron chi connectivity index (χ1n) is 9.42. The Balaban J connectivity index is -0.000000185. The van der Waals surface area contributed by atoms with E-state index in [1.54, 1.807) is 6.92 Å². The fourth-order valence-corrected chi connectivity index (χ4v) is 2.42. The van der Waals surface area contributed by atoms with E-state index in [4.69, 9.17) is 10.1 Å². The SMILES string of the molecule is BrCc1ccccc1.CC(=O)C1=C[CH+]C(=O)C=C1.CC(=O)c1ccc(C)cc1.O=CO[O-].[H-].[K+].[K+]. The van der Waals surface area contributed by atoms with Crippen LogP contribution in [0, 0.1) is 13.3 Å². The third-order valence-electron chi connectivity index (χ3n) is 3.76. The van der Waals surface area contributed by atoms with Gasteiger partial charge in [0.2, 0.25) is 5.78 Å². The summed E-state index contributed by atoms with van der Waals surface area (Å²) >= 11 is 3.36. The molecule has 1 aliphatic rings. The third kappa shape index (κ3) is 20.2. The van der Waals surface area contributed by atoms with Crippen LogP contribution < -0.4 is 108 Å². The third-order valence-corrected chi connectivity index (χ3v) is 4.40.